The third kappa shape index (κ3) is 2.11. The van der Waals surface area contributed by atoms with E-state index in [9.17, 15) is 4.79 Å². The summed E-state index contributed by atoms with van der Waals surface area (Å²) >= 11 is 0. The van der Waals surface area contributed by atoms with Gasteiger partial charge >= 0.3 is 0 Å². The summed E-state index contributed by atoms with van der Waals surface area (Å²) in [5.74, 6) is 0.137. The molecule has 0 unspecified atom stereocenters. The molecule has 0 atom stereocenters. The Hall–Kier alpha value is -0.100. The van der Waals surface area contributed by atoms with E-state index in [0.29, 0.717) is 0 Å². The van der Waals surface area contributed by atoms with Crippen molar-refractivity contribution in [2.75, 3.05) is 27.0 Å². The third-order valence-electron chi connectivity index (χ3n) is 4.00. The topological polar surface area (TPSA) is 29.1 Å². The first kappa shape index (κ1) is 13.9. The monoisotopic (exact) mass is 218 g/mol. The molecule has 0 aliphatic heterocycles. The van der Waals surface area contributed by atoms with E-state index in [1.165, 1.54) is 0 Å². The van der Waals surface area contributed by atoms with Gasteiger partial charge in [0.05, 0.1) is 10.6 Å². The second-order valence-electron chi connectivity index (χ2n) is 5.78. The van der Waals surface area contributed by atoms with Gasteiger partial charge in [0.2, 0.25) is 5.91 Å². The van der Waals surface area contributed by atoms with Gasteiger partial charge in [-0.25, -0.2) is 0 Å². The minimum Gasteiger partial charge on any atom is -0.359 e. The summed E-state index contributed by atoms with van der Waals surface area (Å²) in [5, 5.41) is 2.82. The molecule has 1 N–H and O–H groups in total. The Labute approximate surface area is 89.2 Å². The standard InChI is InChI=1S/C11H24NOP/c1-10(2,9(13)12-5)11(3,4)14(6,7)8/h1-8H3/p+1. The maximum Gasteiger partial charge on any atom is 0.229 e. The van der Waals surface area contributed by atoms with Gasteiger partial charge in [0.15, 0.2) is 0 Å². The average molecular weight is 218 g/mol. The molecule has 0 bridgehead atoms. The van der Waals surface area contributed by atoms with Crippen LogP contribution in [0.2, 0.25) is 0 Å². The van der Waals surface area contributed by atoms with Crippen LogP contribution in [0.5, 0.6) is 0 Å². The number of nitrogens with one attached hydrogen (secondary N) is 1. The minimum absolute atomic E-state index is 0.0556. The zero-order chi connectivity index (χ0) is 11.8. The second kappa shape index (κ2) is 3.81. The molecule has 14 heavy (non-hydrogen) atoms. The first-order chi connectivity index (χ1) is 5.98. The second-order valence-corrected chi connectivity index (χ2v) is 10.9. The molecule has 84 valence electrons. The van der Waals surface area contributed by atoms with E-state index in [1.54, 1.807) is 7.05 Å². The Bertz CT molecular complexity index is 226. The fourth-order valence-corrected chi connectivity index (χ4v) is 3.21. The number of hydrogen-bond donors (Lipinski definition) is 1. The maximum atomic E-state index is 11.8. The quantitative estimate of drug-likeness (QED) is 0.724. The molecule has 0 heterocycles. The van der Waals surface area contributed by atoms with Gasteiger partial charge in [-0.05, 0) is 27.7 Å². The molecule has 0 radical (unpaired) electrons. The Kier molecular flexibility index (Phi) is 3.78. The first-order valence-electron chi connectivity index (χ1n) is 5.02. The smallest absolute Gasteiger partial charge is 0.229 e. The van der Waals surface area contributed by atoms with Crippen LogP contribution in [0, 0.1) is 5.41 Å². The van der Waals surface area contributed by atoms with Crippen molar-refractivity contribution in [2.24, 2.45) is 5.41 Å². The molecular weight excluding hydrogens is 193 g/mol. The predicted molar refractivity (Wildman–Crippen MR) is 66.6 cm³/mol. The minimum atomic E-state index is -1.07. The van der Waals surface area contributed by atoms with Gasteiger partial charge in [-0.15, -0.1) is 0 Å². The lowest BCUT2D eigenvalue weighted by Crippen LogP contribution is -2.50. The SMILES string of the molecule is CNC(=O)C(C)(C)C(C)(C)[P+](C)(C)C. The van der Waals surface area contributed by atoms with E-state index in [0.717, 1.165) is 0 Å². The van der Waals surface area contributed by atoms with Crippen molar-refractivity contribution in [1.29, 1.82) is 0 Å². The zero-order valence-corrected chi connectivity index (χ0v) is 11.7. The third-order valence-corrected chi connectivity index (χ3v) is 7.91. The predicted octanol–water partition coefficient (Wildman–Crippen LogP) is 2.44. The van der Waals surface area contributed by atoms with Crippen molar-refractivity contribution >= 4 is 13.2 Å². The molecule has 1 amide bonds. The van der Waals surface area contributed by atoms with Gasteiger partial charge in [-0.3, -0.25) is 4.79 Å². The van der Waals surface area contributed by atoms with E-state index in [2.05, 4.69) is 39.2 Å². The Morgan fingerprint density at radius 1 is 1.07 bits per heavy atom. The molecule has 0 aromatic heterocycles. The van der Waals surface area contributed by atoms with Gasteiger partial charge in [0, 0.05) is 34.3 Å². The van der Waals surface area contributed by atoms with Gasteiger partial charge in [0.1, 0.15) is 0 Å². The lowest BCUT2D eigenvalue weighted by atomic mass is 9.79. The van der Waals surface area contributed by atoms with Gasteiger partial charge in [-0.2, -0.15) is 0 Å². The summed E-state index contributed by atoms with van der Waals surface area (Å²) in [6.45, 7) is 15.4. The summed E-state index contributed by atoms with van der Waals surface area (Å²) in [6.07, 6.45) is 0. The lowest BCUT2D eigenvalue weighted by molar-refractivity contribution is -0.130. The van der Waals surface area contributed by atoms with Crippen LogP contribution >= 0.6 is 7.26 Å². The molecule has 0 rings (SSSR count). The molecule has 0 fully saturated rings. The number of rotatable bonds is 3. The lowest BCUT2D eigenvalue weighted by Gasteiger charge is -2.43. The Morgan fingerprint density at radius 3 is 1.64 bits per heavy atom. The van der Waals surface area contributed by atoms with Crippen molar-refractivity contribution in [3.05, 3.63) is 0 Å². The Balaban J connectivity index is 5.18. The molecule has 0 saturated heterocycles. The average Bonchev–Trinajstić information content (AvgIpc) is 2.00. The largest absolute Gasteiger partial charge is 0.359 e. The number of hydrogen-bond acceptors (Lipinski definition) is 1. The van der Waals surface area contributed by atoms with Crippen LogP contribution in [0.25, 0.3) is 0 Å². The van der Waals surface area contributed by atoms with Crippen molar-refractivity contribution in [3.8, 4) is 0 Å². The van der Waals surface area contributed by atoms with E-state index in [-0.39, 0.29) is 16.5 Å². The van der Waals surface area contributed by atoms with Crippen molar-refractivity contribution in [1.82, 2.24) is 5.32 Å². The van der Waals surface area contributed by atoms with Crippen LogP contribution in [0.3, 0.4) is 0 Å². The molecule has 0 spiro atoms. The summed E-state index contributed by atoms with van der Waals surface area (Å²) in [7, 11) is 0.642. The van der Waals surface area contributed by atoms with Crippen LogP contribution in [-0.2, 0) is 4.79 Å². The summed E-state index contributed by atoms with van der Waals surface area (Å²) in [6, 6.07) is 0. The summed E-state index contributed by atoms with van der Waals surface area (Å²) in [4.78, 5) is 11.8. The molecule has 0 aromatic carbocycles. The van der Waals surface area contributed by atoms with Crippen molar-refractivity contribution in [3.63, 3.8) is 0 Å². The van der Waals surface area contributed by atoms with Gasteiger partial charge < -0.3 is 5.32 Å². The van der Waals surface area contributed by atoms with Gasteiger partial charge in [0.25, 0.3) is 0 Å². The number of carbonyl (C=O) groups is 1. The first-order valence-corrected chi connectivity index (χ1v) is 8.15. The zero-order valence-electron chi connectivity index (χ0n) is 10.9. The van der Waals surface area contributed by atoms with Crippen LogP contribution in [0.15, 0.2) is 0 Å². The molecule has 0 aromatic rings. The van der Waals surface area contributed by atoms with Crippen LogP contribution in [0.4, 0.5) is 0 Å². The molecule has 0 saturated carbocycles. The molecule has 0 aliphatic rings. The molecule has 2 nitrogen and oxygen atoms in total. The van der Waals surface area contributed by atoms with Crippen LogP contribution < -0.4 is 5.32 Å². The highest BCUT2D eigenvalue weighted by molar-refractivity contribution is 7.75. The fourth-order valence-electron chi connectivity index (χ4n) is 1.43. The number of amides is 1. The normalized spacial score (nSPS) is 14.0. The fraction of sp³-hybridized carbons (Fsp3) is 0.909. The maximum absolute atomic E-state index is 11.8. The van der Waals surface area contributed by atoms with E-state index in [1.807, 2.05) is 13.8 Å². The van der Waals surface area contributed by atoms with E-state index in [4.69, 9.17) is 0 Å². The van der Waals surface area contributed by atoms with E-state index < -0.39 is 7.26 Å². The highest BCUT2D eigenvalue weighted by atomic mass is 31.2. The van der Waals surface area contributed by atoms with Crippen molar-refractivity contribution < 1.29 is 4.79 Å². The highest BCUT2D eigenvalue weighted by Crippen LogP contribution is 2.65. The molecular formula is C11H25NOP+. The Morgan fingerprint density at radius 2 is 1.43 bits per heavy atom. The summed E-state index contributed by atoms with van der Waals surface area (Å²) in [5.41, 5.74) is -0.312. The van der Waals surface area contributed by atoms with Crippen molar-refractivity contribution in [2.45, 2.75) is 32.9 Å². The molecule has 0 aliphatic carbocycles. The van der Waals surface area contributed by atoms with E-state index >= 15 is 0 Å². The van der Waals surface area contributed by atoms with Gasteiger partial charge in [-0.1, -0.05) is 0 Å². The van der Waals surface area contributed by atoms with Crippen LogP contribution in [0.1, 0.15) is 27.7 Å². The summed E-state index contributed by atoms with van der Waals surface area (Å²) < 4.78 is 0. The highest BCUT2D eigenvalue weighted by Gasteiger charge is 2.54. The molecule has 3 heteroatoms. The van der Waals surface area contributed by atoms with Crippen LogP contribution in [-0.4, -0.2) is 38.1 Å². The number of carbonyl (C=O) groups excluding carboxylic acids is 1.